The number of hydrogen-bond donors (Lipinski definition) is 1. The summed E-state index contributed by atoms with van der Waals surface area (Å²) in [6.45, 7) is 8.92. The molecule has 132 valence electrons. The van der Waals surface area contributed by atoms with Gasteiger partial charge in [0.25, 0.3) is 0 Å². The van der Waals surface area contributed by atoms with E-state index in [-0.39, 0.29) is 12.1 Å². The van der Waals surface area contributed by atoms with Crippen LogP contribution in [0.1, 0.15) is 54.9 Å². The molecule has 0 saturated heterocycles. The number of carbonyl (C=O) groups is 1. The lowest BCUT2D eigenvalue weighted by molar-refractivity contribution is 0.0519. The summed E-state index contributed by atoms with van der Waals surface area (Å²) < 4.78 is 11.1. The Morgan fingerprint density at radius 1 is 1.24 bits per heavy atom. The maximum Gasteiger partial charge on any atom is 0.357 e. The number of aromatic nitrogens is 2. The highest BCUT2D eigenvalue weighted by Crippen LogP contribution is 2.35. The van der Waals surface area contributed by atoms with Crippen LogP contribution in [0.3, 0.4) is 0 Å². The van der Waals surface area contributed by atoms with E-state index in [1.807, 2.05) is 19.1 Å². The zero-order valence-corrected chi connectivity index (χ0v) is 15.2. The first-order valence-electron chi connectivity index (χ1n) is 8.77. The van der Waals surface area contributed by atoms with Crippen molar-refractivity contribution in [3.63, 3.8) is 0 Å². The summed E-state index contributed by atoms with van der Waals surface area (Å²) in [5.74, 6) is -0.385. The van der Waals surface area contributed by atoms with Crippen LogP contribution in [-0.2, 0) is 9.47 Å². The van der Waals surface area contributed by atoms with Crippen LogP contribution < -0.4 is 0 Å². The number of pyridine rings is 1. The van der Waals surface area contributed by atoms with Gasteiger partial charge in [-0.25, -0.2) is 9.78 Å². The van der Waals surface area contributed by atoms with Crippen molar-refractivity contribution in [1.29, 1.82) is 0 Å². The third-order valence-corrected chi connectivity index (χ3v) is 4.42. The Hall–Kier alpha value is -2.40. The molecule has 2 heterocycles. The number of aryl methyl sites for hydroxylation is 1. The van der Waals surface area contributed by atoms with E-state index in [4.69, 9.17) is 9.47 Å². The van der Waals surface area contributed by atoms with Crippen LogP contribution in [-0.4, -0.2) is 29.2 Å². The van der Waals surface area contributed by atoms with Gasteiger partial charge in [-0.3, -0.25) is 0 Å². The van der Waals surface area contributed by atoms with Crippen LogP contribution in [0.4, 0.5) is 0 Å². The van der Waals surface area contributed by atoms with Gasteiger partial charge in [0.2, 0.25) is 0 Å². The molecule has 0 spiro atoms. The monoisotopic (exact) mass is 340 g/mol. The maximum absolute atomic E-state index is 12.2. The molecule has 5 nitrogen and oxygen atoms in total. The second kappa shape index (κ2) is 7.23. The van der Waals surface area contributed by atoms with Crippen LogP contribution in [0.15, 0.2) is 24.4 Å². The van der Waals surface area contributed by atoms with Crippen molar-refractivity contribution < 1.29 is 14.3 Å². The summed E-state index contributed by atoms with van der Waals surface area (Å²) in [6.07, 6.45) is 2.65. The first-order chi connectivity index (χ1) is 12.1. The van der Waals surface area contributed by atoms with Crippen molar-refractivity contribution in [2.45, 2.75) is 40.2 Å². The van der Waals surface area contributed by atoms with E-state index in [2.05, 4.69) is 29.9 Å². The van der Waals surface area contributed by atoms with Gasteiger partial charge < -0.3 is 14.5 Å². The quantitative estimate of drug-likeness (QED) is 0.661. The molecule has 0 aliphatic carbocycles. The van der Waals surface area contributed by atoms with Crippen LogP contribution in [0.2, 0.25) is 0 Å². The third kappa shape index (κ3) is 3.12. The number of hydrogen-bond acceptors (Lipinski definition) is 4. The second-order valence-corrected chi connectivity index (χ2v) is 6.15. The first kappa shape index (κ1) is 17.4. The number of fused-ring (bicyclic) bond motifs is 3. The number of carbonyl (C=O) groups excluding carboxylic acids is 1. The Labute approximate surface area is 147 Å². The second-order valence-electron chi connectivity index (χ2n) is 6.15. The SMILES string of the molecule is CCCOC(C)c1cccc2[nH]c3cnc(C(=O)OCC)c(C)c3c12. The molecule has 2 aromatic heterocycles. The summed E-state index contributed by atoms with van der Waals surface area (Å²) in [4.78, 5) is 19.9. The average molecular weight is 340 g/mol. The standard InChI is InChI=1S/C20H24N2O3/c1-5-10-25-13(4)14-8-7-9-15-18(14)17-12(3)19(20(23)24-6-2)21-11-16(17)22-15/h7-9,11,13,22H,5-6,10H2,1-4H3. The fourth-order valence-electron chi connectivity index (χ4n) is 3.25. The van der Waals surface area contributed by atoms with E-state index >= 15 is 0 Å². The number of ether oxygens (including phenoxy) is 2. The zero-order valence-electron chi connectivity index (χ0n) is 15.2. The van der Waals surface area contributed by atoms with Crippen molar-refractivity contribution >= 4 is 27.8 Å². The molecule has 5 heteroatoms. The molecule has 0 aliphatic heterocycles. The molecule has 0 fully saturated rings. The number of rotatable bonds is 6. The average Bonchev–Trinajstić information content (AvgIpc) is 2.99. The summed E-state index contributed by atoms with van der Waals surface area (Å²) in [5.41, 5.74) is 4.24. The summed E-state index contributed by atoms with van der Waals surface area (Å²) in [6, 6.07) is 6.14. The number of aromatic amines is 1. The summed E-state index contributed by atoms with van der Waals surface area (Å²) in [5, 5.41) is 2.10. The molecule has 0 radical (unpaired) electrons. The number of benzene rings is 1. The fourth-order valence-corrected chi connectivity index (χ4v) is 3.25. The van der Waals surface area contributed by atoms with Gasteiger partial charge in [-0.1, -0.05) is 19.1 Å². The molecule has 0 saturated carbocycles. The normalized spacial score (nSPS) is 12.6. The minimum absolute atomic E-state index is 0.0266. The Bertz CT molecular complexity index is 914. The highest BCUT2D eigenvalue weighted by molar-refractivity contribution is 6.12. The molecular weight excluding hydrogens is 316 g/mol. The van der Waals surface area contributed by atoms with Crippen LogP contribution in [0.5, 0.6) is 0 Å². The largest absolute Gasteiger partial charge is 0.461 e. The van der Waals surface area contributed by atoms with E-state index < -0.39 is 0 Å². The number of H-pyrrole nitrogens is 1. The van der Waals surface area contributed by atoms with Gasteiger partial charge in [0.05, 0.1) is 24.4 Å². The van der Waals surface area contributed by atoms with Gasteiger partial charge in [-0.05, 0) is 44.4 Å². The van der Waals surface area contributed by atoms with E-state index in [0.717, 1.165) is 39.4 Å². The molecule has 1 N–H and O–H groups in total. The van der Waals surface area contributed by atoms with Crippen molar-refractivity contribution in [3.05, 3.63) is 41.2 Å². The van der Waals surface area contributed by atoms with Gasteiger partial charge in [0.15, 0.2) is 5.69 Å². The highest BCUT2D eigenvalue weighted by Gasteiger charge is 2.20. The lowest BCUT2D eigenvalue weighted by atomic mass is 9.99. The predicted octanol–water partition coefficient (Wildman–Crippen LogP) is 4.69. The highest BCUT2D eigenvalue weighted by atomic mass is 16.5. The van der Waals surface area contributed by atoms with Crippen LogP contribution >= 0.6 is 0 Å². The van der Waals surface area contributed by atoms with Gasteiger partial charge >= 0.3 is 5.97 Å². The van der Waals surface area contributed by atoms with Crippen molar-refractivity contribution in [1.82, 2.24) is 9.97 Å². The molecule has 25 heavy (non-hydrogen) atoms. The third-order valence-electron chi connectivity index (χ3n) is 4.42. The Morgan fingerprint density at radius 2 is 2.04 bits per heavy atom. The van der Waals surface area contributed by atoms with E-state index in [1.165, 1.54) is 0 Å². The van der Waals surface area contributed by atoms with Gasteiger partial charge in [0.1, 0.15) is 0 Å². The topological polar surface area (TPSA) is 64.2 Å². The molecular formula is C20H24N2O3. The molecule has 1 atom stereocenters. The summed E-state index contributed by atoms with van der Waals surface area (Å²) in [7, 11) is 0. The summed E-state index contributed by atoms with van der Waals surface area (Å²) >= 11 is 0. The zero-order chi connectivity index (χ0) is 18.0. The minimum Gasteiger partial charge on any atom is -0.461 e. The smallest absolute Gasteiger partial charge is 0.357 e. The van der Waals surface area contributed by atoms with Crippen molar-refractivity contribution in [2.24, 2.45) is 0 Å². The molecule has 3 aromatic rings. The van der Waals surface area contributed by atoms with Crippen molar-refractivity contribution in [3.8, 4) is 0 Å². The predicted molar refractivity (Wildman–Crippen MR) is 99.0 cm³/mol. The van der Waals surface area contributed by atoms with Crippen LogP contribution in [0, 0.1) is 6.92 Å². The first-order valence-corrected chi connectivity index (χ1v) is 8.77. The molecule has 1 aromatic carbocycles. The van der Waals surface area contributed by atoms with Crippen LogP contribution in [0.25, 0.3) is 21.8 Å². The van der Waals surface area contributed by atoms with E-state index in [0.29, 0.717) is 18.9 Å². The molecule has 1 unspecified atom stereocenters. The minimum atomic E-state index is -0.385. The van der Waals surface area contributed by atoms with Gasteiger partial charge in [0, 0.05) is 22.9 Å². The van der Waals surface area contributed by atoms with Crippen molar-refractivity contribution in [2.75, 3.05) is 13.2 Å². The molecule has 0 amide bonds. The lowest BCUT2D eigenvalue weighted by Gasteiger charge is -2.15. The maximum atomic E-state index is 12.2. The number of nitrogens with zero attached hydrogens (tertiary/aromatic N) is 1. The van der Waals surface area contributed by atoms with Gasteiger partial charge in [-0.15, -0.1) is 0 Å². The van der Waals surface area contributed by atoms with Gasteiger partial charge in [-0.2, -0.15) is 0 Å². The fraction of sp³-hybridized carbons (Fsp3) is 0.400. The molecule has 0 bridgehead atoms. The number of esters is 1. The molecule has 0 aliphatic rings. The Balaban J connectivity index is 2.23. The van der Waals surface area contributed by atoms with E-state index in [1.54, 1.807) is 13.1 Å². The number of nitrogens with one attached hydrogen (secondary N) is 1. The Morgan fingerprint density at radius 3 is 2.76 bits per heavy atom. The van der Waals surface area contributed by atoms with E-state index in [9.17, 15) is 4.79 Å². The lowest BCUT2D eigenvalue weighted by Crippen LogP contribution is -2.09. The molecule has 3 rings (SSSR count). The Kier molecular flexibility index (Phi) is 5.04.